The van der Waals surface area contributed by atoms with Crippen molar-refractivity contribution in [3.63, 3.8) is 0 Å². The molecule has 18 heavy (non-hydrogen) atoms. The van der Waals surface area contributed by atoms with Crippen LogP contribution in [0.4, 0.5) is 5.82 Å². The first kappa shape index (κ1) is 13.4. The highest BCUT2D eigenvalue weighted by atomic mass is 15.1. The van der Waals surface area contributed by atoms with Crippen molar-refractivity contribution in [1.29, 1.82) is 0 Å². The average molecular weight is 249 g/mol. The average Bonchev–Trinajstić information content (AvgIpc) is 2.87. The van der Waals surface area contributed by atoms with E-state index in [2.05, 4.69) is 32.3 Å². The van der Waals surface area contributed by atoms with Gasteiger partial charge in [-0.05, 0) is 18.8 Å². The first-order chi connectivity index (χ1) is 8.50. The number of nitrogens with zero attached hydrogens (tertiary/aromatic N) is 2. The van der Waals surface area contributed by atoms with Crippen LogP contribution in [0, 0.1) is 5.92 Å². The van der Waals surface area contributed by atoms with Gasteiger partial charge in [-0.25, -0.2) is 4.98 Å². The van der Waals surface area contributed by atoms with Gasteiger partial charge in [-0.3, -0.25) is 0 Å². The van der Waals surface area contributed by atoms with Crippen molar-refractivity contribution in [2.75, 3.05) is 5.73 Å². The lowest BCUT2D eigenvalue weighted by atomic mass is 10.0. The lowest BCUT2D eigenvalue weighted by Gasteiger charge is -2.14. The minimum atomic E-state index is 0.446. The molecule has 1 aliphatic rings. The highest BCUT2D eigenvalue weighted by Crippen LogP contribution is 2.37. The molecule has 1 heterocycles. The minimum Gasteiger partial charge on any atom is -0.384 e. The van der Waals surface area contributed by atoms with Gasteiger partial charge in [0.2, 0.25) is 0 Å². The molecule has 1 fully saturated rings. The molecule has 0 aliphatic heterocycles. The summed E-state index contributed by atoms with van der Waals surface area (Å²) >= 11 is 0. The Morgan fingerprint density at radius 2 is 1.83 bits per heavy atom. The molecule has 3 heteroatoms. The van der Waals surface area contributed by atoms with Crippen LogP contribution in [0.3, 0.4) is 0 Å². The lowest BCUT2D eigenvalue weighted by Crippen LogP contribution is -2.12. The van der Waals surface area contributed by atoms with Crippen LogP contribution < -0.4 is 5.73 Å². The van der Waals surface area contributed by atoms with Crippen LogP contribution >= 0.6 is 0 Å². The summed E-state index contributed by atoms with van der Waals surface area (Å²) in [5, 5.41) is 0. The maximum Gasteiger partial charge on any atom is 0.127 e. The molecule has 2 N–H and O–H groups in total. The number of nitrogens with two attached hydrogens (primary N) is 1. The van der Waals surface area contributed by atoms with E-state index < -0.39 is 0 Å². The summed E-state index contributed by atoms with van der Waals surface area (Å²) in [7, 11) is 0. The van der Waals surface area contributed by atoms with Crippen molar-refractivity contribution in [2.24, 2.45) is 5.92 Å². The molecule has 1 aromatic rings. The number of anilines is 1. The second-order valence-corrected chi connectivity index (χ2v) is 6.38. The molecular weight excluding hydrogens is 222 g/mol. The van der Waals surface area contributed by atoms with Crippen molar-refractivity contribution >= 4 is 5.82 Å². The highest BCUT2D eigenvalue weighted by molar-refractivity contribution is 5.41. The van der Waals surface area contributed by atoms with E-state index in [-0.39, 0.29) is 0 Å². The number of aromatic nitrogens is 2. The van der Waals surface area contributed by atoms with Gasteiger partial charge in [0.05, 0.1) is 5.69 Å². The zero-order valence-electron chi connectivity index (χ0n) is 12.2. The Bertz CT molecular complexity index is 398. The van der Waals surface area contributed by atoms with Gasteiger partial charge < -0.3 is 10.3 Å². The minimum absolute atomic E-state index is 0.446. The Morgan fingerprint density at radius 3 is 2.33 bits per heavy atom. The van der Waals surface area contributed by atoms with Crippen molar-refractivity contribution in [2.45, 2.75) is 71.8 Å². The molecule has 0 bridgehead atoms. The molecule has 0 saturated heterocycles. The van der Waals surface area contributed by atoms with E-state index in [1.54, 1.807) is 0 Å². The maximum atomic E-state index is 6.37. The normalized spacial score (nSPS) is 17.2. The van der Waals surface area contributed by atoms with E-state index in [4.69, 9.17) is 10.7 Å². The van der Waals surface area contributed by atoms with Gasteiger partial charge in [-0.15, -0.1) is 0 Å². The number of hydrogen-bond donors (Lipinski definition) is 1. The van der Waals surface area contributed by atoms with Crippen LogP contribution in [-0.2, 0) is 6.54 Å². The Morgan fingerprint density at radius 1 is 1.22 bits per heavy atom. The Kier molecular flexibility index (Phi) is 3.98. The molecule has 1 aromatic heterocycles. The van der Waals surface area contributed by atoms with Gasteiger partial charge in [-0.2, -0.15) is 0 Å². The van der Waals surface area contributed by atoms with Crippen LogP contribution in [0.1, 0.15) is 76.7 Å². The number of nitrogen functional groups attached to an aromatic ring is 1. The second-order valence-electron chi connectivity index (χ2n) is 6.38. The first-order valence-corrected chi connectivity index (χ1v) is 7.36. The molecular formula is C15H27N3. The summed E-state index contributed by atoms with van der Waals surface area (Å²) in [6, 6.07) is 0. The SMILES string of the molecule is CC(C)Cn1c(C(C)C)nc(C2CCCC2)c1N. The quantitative estimate of drug-likeness (QED) is 0.879. The van der Waals surface area contributed by atoms with Crippen molar-refractivity contribution < 1.29 is 0 Å². The van der Waals surface area contributed by atoms with Gasteiger partial charge in [0.25, 0.3) is 0 Å². The first-order valence-electron chi connectivity index (χ1n) is 7.36. The van der Waals surface area contributed by atoms with Gasteiger partial charge in [0.1, 0.15) is 11.6 Å². The van der Waals surface area contributed by atoms with Crippen molar-refractivity contribution in [3.05, 3.63) is 11.5 Å². The van der Waals surface area contributed by atoms with E-state index in [9.17, 15) is 0 Å². The lowest BCUT2D eigenvalue weighted by molar-refractivity contribution is 0.502. The third kappa shape index (κ3) is 2.55. The monoisotopic (exact) mass is 249 g/mol. The molecule has 0 atom stereocenters. The Hall–Kier alpha value is -0.990. The molecule has 1 saturated carbocycles. The molecule has 0 spiro atoms. The molecule has 3 nitrogen and oxygen atoms in total. The number of rotatable bonds is 4. The van der Waals surface area contributed by atoms with Crippen LogP contribution in [0.15, 0.2) is 0 Å². The number of hydrogen-bond acceptors (Lipinski definition) is 2. The number of imidazole rings is 1. The van der Waals surface area contributed by atoms with Crippen LogP contribution in [-0.4, -0.2) is 9.55 Å². The van der Waals surface area contributed by atoms with E-state index >= 15 is 0 Å². The third-order valence-electron chi connectivity index (χ3n) is 3.87. The predicted molar refractivity (Wildman–Crippen MR) is 76.8 cm³/mol. The molecule has 0 aromatic carbocycles. The summed E-state index contributed by atoms with van der Waals surface area (Å²) in [6.07, 6.45) is 5.19. The van der Waals surface area contributed by atoms with Crippen LogP contribution in [0.25, 0.3) is 0 Å². The third-order valence-corrected chi connectivity index (χ3v) is 3.87. The molecule has 0 amide bonds. The molecule has 1 aliphatic carbocycles. The smallest absolute Gasteiger partial charge is 0.127 e. The summed E-state index contributed by atoms with van der Waals surface area (Å²) in [6.45, 7) is 9.87. The van der Waals surface area contributed by atoms with Crippen LogP contribution in [0.5, 0.6) is 0 Å². The van der Waals surface area contributed by atoms with Crippen molar-refractivity contribution in [1.82, 2.24) is 9.55 Å². The van der Waals surface area contributed by atoms with Gasteiger partial charge in [-0.1, -0.05) is 40.5 Å². The zero-order chi connectivity index (χ0) is 13.3. The fourth-order valence-electron chi connectivity index (χ4n) is 3.00. The Labute approximate surface area is 111 Å². The molecule has 0 unspecified atom stereocenters. The van der Waals surface area contributed by atoms with Gasteiger partial charge in [0.15, 0.2) is 0 Å². The fraction of sp³-hybridized carbons (Fsp3) is 0.800. The summed E-state index contributed by atoms with van der Waals surface area (Å²) in [4.78, 5) is 4.88. The van der Waals surface area contributed by atoms with Crippen LogP contribution in [0.2, 0.25) is 0 Å². The van der Waals surface area contributed by atoms with E-state index in [0.717, 1.165) is 12.4 Å². The predicted octanol–water partition coefficient (Wildman–Crippen LogP) is 3.90. The largest absolute Gasteiger partial charge is 0.384 e. The standard InChI is InChI=1S/C15H27N3/c1-10(2)9-18-14(16)13(12-7-5-6-8-12)17-15(18)11(3)4/h10-12H,5-9,16H2,1-4H3. The zero-order valence-corrected chi connectivity index (χ0v) is 12.2. The summed E-state index contributed by atoms with van der Waals surface area (Å²) < 4.78 is 2.25. The summed E-state index contributed by atoms with van der Waals surface area (Å²) in [5.74, 6) is 3.76. The van der Waals surface area contributed by atoms with Gasteiger partial charge >= 0.3 is 0 Å². The molecule has 0 radical (unpaired) electrons. The fourth-order valence-corrected chi connectivity index (χ4v) is 3.00. The van der Waals surface area contributed by atoms with E-state index in [1.807, 2.05) is 0 Å². The second kappa shape index (κ2) is 5.33. The highest BCUT2D eigenvalue weighted by Gasteiger charge is 2.26. The maximum absolute atomic E-state index is 6.37. The van der Waals surface area contributed by atoms with Crippen molar-refractivity contribution in [3.8, 4) is 0 Å². The van der Waals surface area contributed by atoms with Gasteiger partial charge in [0, 0.05) is 18.4 Å². The molecule has 102 valence electrons. The van der Waals surface area contributed by atoms with E-state index in [1.165, 1.54) is 37.2 Å². The summed E-state index contributed by atoms with van der Waals surface area (Å²) in [5.41, 5.74) is 7.55. The van der Waals surface area contributed by atoms with E-state index in [0.29, 0.717) is 17.8 Å². The topological polar surface area (TPSA) is 43.8 Å². The molecule has 2 rings (SSSR count). The Balaban J connectivity index is 2.36.